The standard InChI is InChI=1S/C38H31O2S2.C38H31S2/c1-39-35-15-9-10-16-38(35)42(33-23-19-31(20-24-33)29-13-7-4-8-14-29)34-25-26-37(36(27-34)40-2)41-32-21-17-30(18-22-32)28-11-5-3-6-12-28;1-28-26-33(20-24-37(28)30-12-6-3-7-13-30)39-32-18-21-35(22-19-32)40(34-16-10-5-11-17-34)36-23-25-38(29(2)27-36)31-14-8-4-9-15-31/h3-27H,1-2H3;3-27H,1-2H3/q2*+1. The quantitative estimate of drug-likeness (QED) is 0.0897. The zero-order valence-corrected chi connectivity index (χ0v) is 49.6. The molecule has 0 saturated heterocycles. The maximum atomic E-state index is 5.96. The van der Waals surface area contributed by atoms with E-state index in [1.54, 1.807) is 26.0 Å². The number of aryl methyl sites for hydroxylation is 2. The molecule has 0 aliphatic rings. The van der Waals surface area contributed by atoms with Gasteiger partial charge in [0.1, 0.15) is 16.6 Å². The molecule has 0 aromatic heterocycles. The van der Waals surface area contributed by atoms with Gasteiger partial charge in [-0.2, -0.15) is 0 Å². The summed E-state index contributed by atoms with van der Waals surface area (Å²) < 4.78 is 11.8. The van der Waals surface area contributed by atoms with Crippen molar-refractivity contribution in [1.29, 1.82) is 0 Å². The van der Waals surface area contributed by atoms with Gasteiger partial charge in [0.05, 0.1) is 30.0 Å². The molecule has 12 aromatic carbocycles. The van der Waals surface area contributed by atoms with E-state index in [4.69, 9.17) is 9.47 Å². The van der Waals surface area contributed by atoms with E-state index in [2.05, 4.69) is 293 Å². The summed E-state index contributed by atoms with van der Waals surface area (Å²) in [5.74, 6) is 1.74. The van der Waals surface area contributed by atoms with Gasteiger partial charge in [0.15, 0.2) is 30.2 Å². The smallest absolute Gasteiger partial charge is 0.208 e. The van der Waals surface area contributed by atoms with Gasteiger partial charge in [-0.1, -0.05) is 193 Å². The molecule has 0 heterocycles. The summed E-state index contributed by atoms with van der Waals surface area (Å²) >= 11 is 3.54. The lowest BCUT2D eigenvalue weighted by Gasteiger charge is -2.14. The topological polar surface area (TPSA) is 18.5 Å². The number of ether oxygens (including phenoxy) is 2. The first kappa shape index (κ1) is 55.5. The number of methoxy groups -OCH3 is 2. The molecular formula is C76H62O2S4+2. The average molecular weight is 1140 g/mol. The highest BCUT2D eigenvalue weighted by Crippen LogP contribution is 2.43. The molecular weight excluding hydrogens is 1070 g/mol. The van der Waals surface area contributed by atoms with Crippen molar-refractivity contribution >= 4 is 45.3 Å². The van der Waals surface area contributed by atoms with E-state index in [9.17, 15) is 0 Å². The highest BCUT2D eigenvalue weighted by Gasteiger charge is 2.33. The molecule has 0 spiro atoms. The lowest BCUT2D eigenvalue weighted by Crippen LogP contribution is -2.07. The molecule has 2 atom stereocenters. The second-order valence-electron chi connectivity index (χ2n) is 19.5. The van der Waals surface area contributed by atoms with Crippen LogP contribution in [-0.4, -0.2) is 14.2 Å². The molecule has 6 heteroatoms. The van der Waals surface area contributed by atoms with Crippen molar-refractivity contribution in [3.63, 3.8) is 0 Å². The summed E-state index contributed by atoms with van der Waals surface area (Å²) in [4.78, 5) is 12.3. The van der Waals surface area contributed by atoms with Crippen LogP contribution in [0.2, 0.25) is 0 Å². The van der Waals surface area contributed by atoms with Crippen LogP contribution in [0.1, 0.15) is 11.1 Å². The SMILES string of the molecule is COc1cc([S+](c2ccc(-c3ccccc3)cc2)c2ccccc2OC)ccc1Sc1ccc(-c2ccccc2)cc1.Cc1cc(Sc2ccc([S+](c3ccccc3)c3ccc(-c4ccccc4)c(C)c3)cc2)ccc1-c1ccccc1. The molecule has 0 bridgehead atoms. The first-order valence-corrected chi connectivity index (χ1v) is 31.4. The zero-order chi connectivity index (χ0) is 56.0. The van der Waals surface area contributed by atoms with Gasteiger partial charge in [0.25, 0.3) is 0 Å². The Morgan fingerprint density at radius 1 is 0.268 bits per heavy atom. The van der Waals surface area contributed by atoms with Gasteiger partial charge in [0.2, 0.25) is 4.90 Å². The molecule has 0 aliphatic heterocycles. The van der Waals surface area contributed by atoms with E-state index in [1.165, 1.54) is 94.8 Å². The van der Waals surface area contributed by atoms with E-state index in [1.807, 2.05) is 36.0 Å². The Morgan fingerprint density at radius 3 is 1.20 bits per heavy atom. The number of hydrogen-bond donors (Lipinski definition) is 0. The fraction of sp³-hybridized carbons (Fsp3) is 0.0526. The van der Waals surface area contributed by atoms with E-state index in [0.29, 0.717) is 0 Å². The highest BCUT2D eigenvalue weighted by molar-refractivity contribution is 8.00. The summed E-state index contributed by atoms with van der Waals surface area (Å²) in [6.07, 6.45) is 0. The summed E-state index contributed by atoms with van der Waals surface area (Å²) in [7, 11) is 2.91. The molecule has 400 valence electrons. The first-order chi connectivity index (χ1) is 40.4. The van der Waals surface area contributed by atoms with Gasteiger partial charge in [0, 0.05) is 20.8 Å². The van der Waals surface area contributed by atoms with Crippen LogP contribution in [0.25, 0.3) is 44.5 Å². The van der Waals surface area contributed by atoms with Gasteiger partial charge >= 0.3 is 0 Å². The van der Waals surface area contributed by atoms with E-state index >= 15 is 0 Å². The lowest BCUT2D eigenvalue weighted by atomic mass is 10.0. The van der Waals surface area contributed by atoms with Crippen LogP contribution in [0.4, 0.5) is 0 Å². The number of para-hydroxylation sites is 1. The van der Waals surface area contributed by atoms with Gasteiger partial charge < -0.3 is 9.47 Å². The van der Waals surface area contributed by atoms with Crippen LogP contribution in [0.3, 0.4) is 0 Å². The summed E-state index contributed by atoms with van der Waals surface area (Å²) in [5, 5.41) is 0. The predicted octanol–water partition coefficient (Wildman–Crippen LogP) is 21.2. The maximum Gasteiger partial charge on any atom is 0.208 e. The zero-order valence-electron chi connectivity index (χ0n) is 46.3. The Kier molecular flexibility index (Phi) is 18.2. The van der Waals surface area contributed by atoms with Crippen LogP contribution in [0, 0.1) is 13.8 Å². The molecule has 0 saturated carbocycles. The van der Waals surface area contributed by atoms with Crippen LogP contribution in [0.15, 0.2) is 352 Å². The van der Waals surface area contributed by atoms with Gasteiger partial charge in [-0.25, -0.2) is 0 Å². The van der Waals surface area contributed by atoms with E-state index in [0.717, 1.165) is 21.3 Å². The van der Waals surface area contributed by atoms with Crippen LogP contribution in [-0.2, 0) is 21.8 Å². The first-order valence-electron chi connectivity index (χ1n) is 27.3. The molecule has 2 unspecified atom stereocenters. The van der Waals surface area contributed by atoms with Crippen molar-refractivity contribution in [3.05, 3.63) is 314 Å². The van der Waals surface area contributed by atoms with Gasteiger partial charge in [-0.3, -0.25) is 0 Å². The molecule has 2 nitrogen and oxygen atoms in total. The Morgan fingerprint density at radius 2 is 0.646 bits per heavy atom. The minimum atomic E-state index is -0.396. The largest absolute Gasteiger partial charge is 0.495 e. The van der Waals surface area contributed by atoms with Crippen molar-refractivity contribution in [3.8, 4) is 56.0 Å². The molecule has 0 radical (unpaired) electrons. The molecule has 12 rings (SSSR count). The van der Waals surface area contributed by atoms with Crippen LogP contribution in [0.5, 0.6) is 11.5 Å². The van der Waals surface area contributed by atoms with Crippen molar-refractivity contribution in [2.24, 2.45) is 0 Å². The number of hydrogen-bond acceptors (Lipinski definition) is 4. The molecule has 82 heavy (non-hydrogen) atoms. The Hall–Kier alpha value is -8.36. The summed E-state index contributed by atoms with van der Waals surface area (Å²) in [6.45, 7) is 4.43. The second kappa shape index (κ2) is 26.9. The maximum absolute atomic E-state index is 5.96. The molecule has 0 aliphatic carbocycles. The van der Waals surface area contributed by atoms with E-state index in [-0.39, 0.29) is 10.9 Å². The summed E-state index contributed by atoms with van der Waals surface area (Å²) in [6, 6.07) is 109. The van der Waals surface area contributed by atoms with Crippen molar-refractivity contribution < 1.29 is 9.47 Å². The monoisotopic (exact) mass is 1130 g/mol. The highest BCUT2D eigenvalue weighted by atomic mass is 32.2. The molecule has 0 fully saturated rings. The van der Waals surface area contributed by atoms with Crippen molar-refractivity contribution in [1.82, 2.24) is 0 Å². The average Bonchev–Trinajstić information content (AvgIpc) is 3.67. The third-order valence-electron chi connectivity index (χ3n) is 14.1. The Balaban J connectivity index is 0.000000172. The minimum Gasteiger partial charge on any atom is -0.495 e. The molecule has 12 aromatic rings. The minimum absolute atomic E-state index is 0.182. The Bertz CT molecular complexity index is 3990. The number of benzene rings is 12. The lowest BCUT2D eigenvalue weighted by molar-refractivity contribution is 0.403. The summed E-state index contributed by atoms with van der Waals surface area (Å²) in [5.41, 5.74) is 12.6. The van der Waals surface area contributed by atoms with Crippen LogP contribution < -0.4 is 9.47 Å². The molecule has 0 N–H and O–H groups in total. The van der Waals surface area contributed by atoms with Gasteiger partial charge in [-0.15, -0.1) is 0 Å². The Labute approximate surface area is 498 Å². The second-order valence-corrected chi connectivity index (χ2v) is 25.8. The van der Waals surface area contributed by atoms with Crippen molar-refractivity contribution in [2.45, 2.75) is 62.8 Å². The van der Waals surface area contributed by atoms with Crippen LogP contribution >= 0.6 is 23.5 Å². The predicted molar refractivity (Wildman–Crippen MR) is 348 cm³/mol. The van der Waals surface area contributed by atoms with Crippen molar-refractivity contribution in [2.75, 3.05) is 14.2 Å². The fourth-order valence-electron chi connectivity index (χ4n) is 10.0. The third-order valence-corrected chi connectivity index (χ3v) is 20.6. The molecule has 0 amide bonds. The fourth-order valence-corrected chi connectivity index (χ4v) is 16.2. The normalized spacial score (nSPS) is 11.7. The van der Waals surface area contributed by atoms with Gasteiger partial charge in [-0.05, 0) is 197 Å². The number of rotatable bonds is 16. The third kappa shape index (κ3) is 13.3. The van der Waals surface area contributed by atoms with E-state index < -0.39 is 10.9 Å².